The molecule has 1 aliphatic rings. The van der Waals surface area contributed by atoms with Gasteiger partial charge in [0.1, 0.15) is 17.9 Å². The van der Waals surface area contributed by atoms with Crippen molar-refractivity contribution < 1.29 is 29.3 Å². The molecular formula is C16H19NO6. The van der Waals surface area contributed by atoms with Gasteiger partial charge in [0.15, 0.2) is 0 Å². The Morgan fingerprint density at radius 1 is 1.26 bits per heavy atom. The van der Waals surface area contributed by atoms with Gasteiger partial charge in [-0.1, -0.05) is 6.92 Å². The first-order valence-corrected chi connectivity index (χ1v) is 7.47. The number of nitrogens with zero attached hydrogens (tertiary/aromatic N) is 1. The average Bonchev–Trinajstić information content (AvgIpc) is 3.00. The first-order valence-electron chi connectivity index (χ1n) is 7.47. The number of rotatable bonds is 6. The second-order valence-electron chi connectivity index (χ2n) is 5.37. The molecule has 1 saturated heterocycles. The van der Waals surface area contributed by atoms with Crippen molar-refractivity contribution in [2.75, 3.05) is 13.2 Å². The van der Waals surface area contributed by atoms with Crippen LogP contribution in [0.1, 0.15) is 46.9 Å². The molecule has 0 unspecified atom stereocenters. The van der Waals surface area contributed by atoms with Crippen LogP contribution in [0.3, 0.4) is 0 Å². The molecule has 0 radical (unpaired) electrons. The van der Waals surface area contributed by atoms with Gasteiger partial charge in [-0.2, -0.15) is 0 Å². The van der Waals surface area contributed by atoms with E-state index in [1.54, 1.807) is 11.8 Å². The largest absolute Gasteiger partial charge is 0.491 e. The summed E-state index contributed by atoms with van der Waals surface area (Å²) in [6.45, 7) is 2.68. The Hall–Kier alpha value is -2.57. The minimum atomic E-state index is -1.25. The zero-order chi connectivity index (χ0) is 17.0. The van der Waals surface area contributed by atoms with Crippen LogP contribution in [0.5, 0.6) is 5.75 Å². The Labute approximate surface area is 133 Å². The fraction of sp³-hybridized carbons (Fsp3) is 0.438. The maximum atomic E-state index is 11.8. The number of aromatic carboxylic acids is 2. The molecule has 1 aromatic carbocycles. The Morgan fingerprint density at radius 3 is 2.61 bits per heavy atom. The number of carbonyl (C=O) groups excluding carboxylic acids is 1. The van der Waals surface area contributed by atoms with Gasteiger partial charge in [0.25, 0.3) is 0 Å². The maximum Gasteiger partial charge on any atom is 0.339 e. The number of carboxylic acid groups (broad SMARTS) is 2. The van der Waals surface area contributed by atoms with Gasteiger partial charge in [0.05, 0.1) is 11.6 Å². The Morgan fingerprint density at radius 2 is 2.00 bits per heavy atom. The third-order valence-electron chi connectivity index (χ3n) is 3.89. The summed E-state index contributed by atoms with van der Waals surface area (Å²) >= 11 is 0. The van der Waals surface area contributed by atoms with Crippen molar-refractivity contribution in [3.05, 3.63) is 29.3 Å². The third-order valence-corrected chi connectivity index (χ3v) is 3.89. The second kappa shape index (κ2) is 7.13. The molecule has 2 rings (SSSR count). The van der Waals surface area contributed by atoms with Crippen LogP contribution in [0.15, 0.2) is 18.2 Å². The normalized spacial score (nSPS) is 17.1. The summed E-state index contributed by atoms with van der Waals surface area (Å²) in [5, 5.41) is 18.1. The lowest BCUT2D eigenvalue weighted by molar-refractivity contribution is -0.132. The molecule has 2 N–H and O–H groups in total. The molecule has 1 heterocycles. The zero-order valence-electron chi connectivity index (χ0n) is 12.8. The van der Waals surface area contributed by atoms with Crippen molar-refractivity contribution in [1.29, 1.82) is 0 Å². The quantitative estimate of drug-likeness (QED) is 0.829. The van der Waals surface area contributed by atoms with Crippen molar-refractivity contribution >= 4 is 17.8 Å². The summed E-state index contributed by atoms with van der Waals surface area (Å²) in [4.78, 5) is 35.8. The molecule has 124 valence electrons. The number of hydrogen-bond donors (Lipinski definition) is 2. The summed E-state index contributed by atoms with van der Waals surface area (Å²) in [7, 11) is 0. The molecule has 1 fully saturated rings. The zero-order valence-corrected chi connectivity index (χ0v) is 12.8. The highest BCUT2D eigenvalue weighted by molar-refractivity contribution is 5.95. The van der Waals surface area contributed by atoms with Crippen molar-refractivity contribution in [3.63, 3.8) is 0 Å². The van der Waals surface area contributed by atoms with Gasteiger partial charge in [-0.05, 0) is 31.0 Å². The third kappa shape index (κ3) is 3.80. The van der Waals surface area contributed by atoms with Crippen LogP contribution in [0.2, 0.25) is 0 Å². The number of amides is 1. The predicted molar refractivity (Wildman–Crippen MR) is 80.9 cm³/mol. The fourth-order valence-corrected chi connectivity index (χ4v) is 2.68. The lowest BCUT2D eigenvalue weighted by Crippen LogP contribution is -2.38. The van der Waals surface area contributed by atoms with Gasteiger partial charge in [0, 0.05) is 13.0 Å². The molecule has 0 aromatic heterocycles. The van der Waals surface area contributed by atoms with Gasteiger partial charge >= 0.3 is 11.9 Å². The average molecular weight is 321 g/mol. The molecule has 1 amide bonds. The number of carboxylic acids is 2. The van der Waals surface area contributed by atoms with Crippen LogP contribution >= 0.6 is 0 Å². The smallest absolute Gasteiger partial charge is 0.339 e. The summed E-state index contributed by atoms with van der Waals surface area (Å²) < 4.78 is 5.57. The van der Waals surface area contributed by atoms with Crippen molar-refractivity contribution in [1.82, 2.24) is 4.90 Å². The van der Waals surface area contributed by atoms with E-state index in [4.69, 9.17) is 9.84 Å². The van der Waals surface area contributed by atoms with Gasteiger partial charge in [-0.3, -0.25) is 4.79 Å². The number of benzene rings is 1. The van der Waals surface area contributed by atoms with E-state index in [0.29, 0.717) is 13.0 Å². The van der Waals surface area contributed by atoms with Crippen LogP contribution in [0, 0.1) is 0 Å². The van der Waals surface area contributed by atoms with E-state index < -0.39 is 11.9 Å². The van der Waals surface area contributed by atoms with E-state index in [1.807, 2.05) is 0 Å². The van der Waals surface area contributed by atoms with E-state index in [-0.39, 0.29) is 35.4 Å². The van der Waals surface area contributed by atoms with Gasteiger partial charge in [-0.25, -0.2) is 9.59 Å². The topological polar surface area (TPSA) is 104 Å². The van der Waals surface area contributed by atoms with E-state index in [1.165, 1.54) is 12.1 Å². The van der Waals surface area contributed by atoms with Crippen molar-refractivity contribution in [2.45, 2.75) is 32.2 Å². The number of hydrogen-bond acceptors (Lipinski definition) is 4. The first kappa shape index (κ1) is 16.8. The van der Waals surface area contributed by atoms with E-state index in [0.717, 1.165) is 18.9 Å². The summed E-state index contributed by atoms with van der Waals surface area (Å²) in [6, 6.07) is 3.63. The van der Waals surface area contributed by atoms with Crippen LogP contribution in [-0.4, -0.2) is 52.2 Å². The van der Waals surface area contributed by atoms with Crippen molar-refractivity contribution in [2.24, 2.45) is 0 Å². The van der Waals surface area contributed by atoms with Gasteiger partial charge in [-0.15, -0.1) is 0 Å². The van der Waals surface area contributed by atoms with Gasteiger partial charge in [0.2, 0.25) is 5.91 Å². The number of likely N-dealkylation sites (tertiary alicyclic amines) is 1. The second-order valence-corrected chi connectivity index (χ2v) is 5.37. The van der Waals surface area contributed by atoms with Crippen molar-refractivity contribution in [3.8, 4) is 5.75 Å². The number of carbonyl (C=O) groups is 3. The molecule has 1 aliphatic heterocycles. The monoisotopic (exact) mass is 321 g/mol. The molecule has 1 atom stereocenters. The molecule has 0 spiro atoms. The lowest BCUT2D eigenvalue weighted by Gasteiger charge is -2.24. The van der Waals surface area contributed by atoms with E-state index >= 15 is 0 Å². The standard InChI is InChI=1S/C16H19NO6/c1-2-14(18)17-7-3-4-11(17)9-23-13-6-5-10(15(19)20)8-12(13)16(21)22/h5-6,8,11H,2-4,7,9H2,1H3,(H,19,20)(H,21,22)/t11-/m0/s1. The highest BCUT2D eigenvalue weighted by atomic mass is 16.5. The molecule has 0 bridgehead atoms. The number of ether oxygens (including phenoxy) is 1. The summed E-state index contributed by atoms with van der Waals surface area (Å²) in [5.41, 5.74) is -0.310. The van der Waals surface area contributed by atoms with Crippen LogP contribution in [0.25, 0.3) is 0 Å². The van der Waals surface area contributed by atoms with E-state index in [9.17, 15) is 19.5 Å². The Balaban J connectivity index is 2.12. The first-order chi connectivity index (χ1) is 10.9. The van der Waals surface area contributed by atoms with Gasteiger partial charge < -0.3 is 19.8 Å². The molecule has 1 aromatic rings. The predicted octanol–water partition coefficient (Wildman–Crippen LogP) is 1.86. The Kier molecular flexibility index (Phi) is 5.20. The molecule has 0 saturated carbocycles. The molecule has 7 nitrogen and oxygen atoms in total. The highest BCUT2D eigenvalue weighted by Crippen LogP contribution is 2.24. The SMILES string of the molecule is CCC(=O)N1CCC[C@H]1COc1ccc(C(=O)O)cc1C(=O)O. The fourth-order valence-electron chi connectivity index (χ4n) is 2.68. The minimum Gasteiger partial charge on any atom is -0.491 e. The molecule has 0 aliphatic carbocycles. The molecule has 23 heavy (non-hydrogen) atoms. The summed E-state index contributed by atoms with van der Waals surface area (Å²) in [5.74, 6) is -2.29. The molecular weight excluding hydrogens is 302 g/mol. The van der Waals surface area contributed by atoms with E-state index in [2.05, 4.69) is 0 Å². The Bertz CT molecular complexity index is 627. The van der Waals surface area contributed by atoms with Crippen LogP contribution in [-0.2, 0) is 4.79 Å². The maximum absolute atomic E-state index is 11.8. The molecule has 7 heteroatoms. The lowest BCUT2D eigenvalue weighted by atomic mass is 10.1. The van der Waals surface area contributed by atoms with Crippen LogP contribution in [0.4, 0.5) is 0 Å². The minimum absolute atomic E-state index is 0.0517. The highest BCUT2D eigenvalue weighted by Gasteiger charge is 2.28. The summed E-state index contributed by atoms with van der Waals surface area (Å²) in [6.07, 6.45) is 2.12. The van der Waals surface area contributed by atoms with Crippen LogP contribution < -0.4 is 4.74 Å².